The third-order valence-corrected chi connectivity index (χ3v) is 7.23. The van der Waals surface area contributed by atoms with E-state index < -0.39 is 27.7 Å². The molecule has 0 aliphatic heterocycles. The number of aryl methyl sites for hydroxylation is 1. The number of carboxylic acid groups (broad SMARTS) is 1. The Morgan fingerprint density at radius 1 is 1.03 bits per heavy atom. The Kier molecular flexibility index (Phi) is 7.50. The largest absolute Gasteiger partial charge is 0.481 e. The van der Waals surface area contributed by atoms with Crippen LogP contribution in [0.3, 0.4) is 0 Å². The fraction of sp³-hybridized carbons (Fsp3) is 0.346. The van der Waals surface area contributed by atoms with Crippen LogP contribution in [0.1, 0.15) is 56.0 Å². The van der Waals surface area contributed by atoms with Gasteiger partial charge in [-0.1, -0.05) is 57.2 Å². The van der Waals surface area contributed by atoms with Gasteiger partial charge in [0.1, 0.15) is 0 Å². The molecule has 0 radical (unpaired) electrons. The number of benzene rings is 2. The van der Waals surface area contributed by atoms with E-state index in [0.717, 1.165) is 33.3 Å². The van der Waals surface area contributed by atoms with Crippen molar-refractivity contribution >= 4 is 33.0 Å². The van der Waals surface area contributed by atoms with Gasteiger partial charge in [0.15, 0.2) is 0 Å². The predicted octanol–water partition coefficient (Wildman–Crippen LogP) is 6.26. The van der Waals surface area contributed by atoms with Crippen molar-refractivity contribution in [2.45, 2.75) is 51.6 Å². The molecule has 0 bridgehead atoms. The lowest BCUT2D eigenvalue weighted by Crippen LogP contribution is -2.18. The van der Waals surface area contributed by atoms with Gasteiger partial charge in [-0.15, -0.1) is 0 Å². The molecule has 35 heavy (non-hydrogen) atoms. The van der Waals surface area contributed by atoms with E-state index in [0.29, 0.717) is 0 Å². The van der Waals surface area contributed by atoms with Crippen LogP contribution in [0.25, 0.3) is 17.0 Å². The van der Waals surface area contributed by atoms with Crippen molar-refractivity contribution in [2.75, 3.05) is 5.75 Å². The summed E-state index contributed by atoms with van der Waals surface area (Å²) in [5, 5.41) is 9.06. The summed E-state index contributed by atoms with van der Waals surface area (Å²) < 4.78 is 67.2. The molecular formula is C26H28F3NO4S. The molecule has 0 aliphatic rings. The highest BCUT2D eigenvalue weighted by atomic mass is 32.2. The molecule has 3 rings (SSSR count). The average molecular weight is 508 g/mol. The summed E-state index contributed by atoms with van der Waals surface area (Å²) in [6.07, 6.45) is -1.29. The second kappa shape index (κ2) is 9.89. The van der Waals surface area contributed by atoms with E-state index in [1.165, 1.54) is 12.1 Å². The van der Waals surface area contributed by atoms with Gasteiger partial charge in [0.25, 0.3) is 0 Å². The quantitative estimate of drug-likeness (QED) is 0.391. The van der Waals surface area contributed by atoms with Crippen LogP contribution in [-0.4, -0.2) is 29.2 Å². The molecule has 3 aromatic rings. The number of hydrogen-bond acceptors (Lipinski definition) is 3. The molecule has 0 aliphatic carbocycles. The number of alkyl halides is 3. The smallest absolute Gasteiger partial charge is 0.416 e. The minimum Gasteiger partial charge on any atom is -0.481 e. The Balaban J connectivity index is 1.97. The van der Waals surface area contributed by atoms with Crippen molar-refractivity contribution in [3.8, 4) is 0 Å². The number of rotatable bonds is 8. The summed E-state index contributed by atoms with van der Waals surface area (Å²) in [5.41, 5.74) is 1.37. The second-order valence-corrected chi connectivity index (χ2v) is 11.3. The first-order valence-corrected chi connectivity index (χ1v) is 12.7. The lowest BCUT2D eigenvalue weighted by atomic mass is 9.86. The van der Waals surface area contributed by atoms with Crippen LogP contribution in [0.15, 0.2) is 54.6 Å². The van der Waals surface area contributed by atoms with Crippen LogP contribution in [0, 0.1) is 0 Å². The number of hydrogen-bond donors (Lipinski definition) is 1. The van der Waals surface area contributed by atoms with Crippen LogP contribution in [0.4, 0.5) is 13.2 Å². The SMILES string of the molecule is CC(C)(C)c1cccc(C=CCS(=O)(=O)n2c(CCCC(=O)O)cc3cc(C(F)(F)F)ccc32)c1. The molecule has 1 heterocycles. The van der Waals surface area contributed by atoms with Crippen LogP contribution in [0.2, 0.25) is 0 Å². The molecule has 0 saturated heterocycles. The fourth-order valence-corrected chi connectivity index (χ4v) is 5.29. The number of aromatic nitrogens is 1. The van der Waals surface area contributed by atoms with Crippen molar-refractivity contribution in [3.63, 3.8) is 0 Å². The standard InChI is InChI=1S/C26H28F3NO4S/c1-25(2,3)20-9-4-7-18(15-20)8-6-14-35(33,34)30-22(10-5-11-24(31)32)17-19-16-21(26(27,28)29)12-13-23(19)30/h4,6-9,12-13,15-17H,5,10-11,14H2,1-3H3,(H,31,32). The Morgan fingerprint density at radius 3 is 2.37 bits per heavy atom. The van der Waals surface area contributed by atoms with Gasteiger partial charge in [0.2, 0.25) is 10.0 Å². The Hall–Kier alpha value is -3.07. The zero-order chi connectivity index (χ0) is 26.0. The molecule has 0 unspecified atom stereocenters. The van der Waals surface area contributed by atoms with E-state index in [-0.39, 0.29) is 47.0 Å². The maximum atomic E-state index is 13.3. The van der Waals surface area contributed by atoms with E-state index in [2.05, 4.69) is 20.8 Å². The van der Waals surface area contributed by atoms with Gasteiger partial charge in [-0.3, -0.25) is 4.79 Å². The molecule has 9 heteroatoms. The first-order chi connectivity index (χ1) is 16.2. The zero-order valence-electron chi connectivity index (χ0n) is 19.8. The normalized spacial score (nSPS) is 13.1. The fourth-order valence-electron chi connectivity index (χ4n) is 3.84. The highest BCUT2D eigenvalue weighted by Gasteiger charge is 2.31. The summed E-state index contributed by atoms with van der Waals surface area (Å²) in [6, 6.07) is 12.0. The maximum absolute atomic E-state index is 13.3. The molecule has 0 saturated carbocycles. The van der Waals surface area contributed by atoms with Gasteiger partial charge >= 0.3 is 12.1 Å². The molecule has 0 amide bonds. The van der Waals surface area contributed by atoms with Gasteiger partial charge in [0.05, 0.1) is 16.8 Å². The highest BCUT2D eigenvalue weighted by Crippen LogP contribution is 2.33. The third kappa shape index (κ3) is 6.54. The first kappa shape index (κ1) is 26.5. The minimum atomic E-state index is -4.57. The molecule has 0 spiro atoms. The number of nitrogens with zero attached hydrogens (tertiary/aromatic N) is 1. The van der Waals surface area contributed by atoms with Crippen molar-refractivity contribution in [1.29, 1.82) is 0 Å². The highest BCUT2D eigenvalue weighted by molar-refractivity contribution is 7.90. The van der Waals surface area contributed by atoms with Gasteiger partial charge in [-0.05, 0) is 53.6 Å². The minimum absolute atomic E-state index is 0.0693. The predicted molar refractivity (Wildman–Crippen MR) is 131 cm³/mol. The summed E-state index contributed by atoms with van der Waals surface area (Å²) in [5.74, 6) is -1.40. The molecule has 2 aromatic carbocycles. The topological polar surface area (TPSA) is 76.4 Å². The van der Waals surface area contributed by atoms with Crippen molar-refractivity contribution in [2.24, 2.45) is 0 Å². The van der Waals surface area contributed by atoms with E-state index >= 15 is 0 Å². The Bertz CT molecular complexity index is 1360. The Morgan fingerprint density at radius 2 is 1.74 bits per heavy atom. The molecule has 1 N–H and O–H groups in total. The van der Waals surface area contributed by atoms with Gasteiger partial charge < -0.3 is 5.11 Å². The maximum Gasteiger partial charge on any atom is 0.416 e. The van der Waals surface area contributed by atoms with E-state index in [1.54, 1.807) is 6.08 Å². The summed E-state index contributed by atoms with van der Waals surface area (Å²) in [6.45, 7) is 6.23. The molecular weight excluding hydrogens is 479 g/mol. The Labute approximate surface area is 202 Å². The number of carbonyl (C=O) groups is 1. The van der Waals surface area contributed by atoms with E-state index in [9.17, 15) is 26.4 Å². The van der Waals surface area contributed by atoms with E-state index in [1.807, 2.05) is 24.3 Å². The van der Waals surface area contributed by atoms with Crippen LogP contribution in [-0.2, 0) is 32.8 Å². The van der Waals surface area contributed by atoms with Gasteiger partial charge in [-0.25, -0.2) is 12.4 Å². The second-order valence-electron chi connectivity index (χ2n) is 9.48. The zero-order valence-corrected chi connectivity index (χ0v) is 20.6. The van der Waals surface area contributed by atoms with Crippen molar-refractivity contribution in [3.05, 3.63) is 77.0 Å². The van der Waals surface area contributed by atoms with Gasteiger partial charge in [-0.2, -0.15) is 13.2 Å². The van der Waals surface area contributed by atoms with Crippen molar-refractivity contribution in [1.82, 2.24) is 3.97 Å². The summed E-state index contributed by atoms with van der Waals surface area (Å²) in [7, 11) is -3.98. The lowest BCUT2D eigenvalue weighted by Gasteiger charge is -2.19. The molecule has 0 atom stereocenters. The molecule has 1 aromatic heterocycles. The monoisotopic (exact) mass is 507 g/mol. The number of fused-ring (bicyclic) bond motifs is 1. The van der Waals surface area contributed by atoms with E-state index in [4.69, 9.17) is 5.11 Å². The van der Waals surface area contributed by atoms with Crippen LogP contribution < -0.4 is 0 Å². The number of halogens is 3. The molecule has 0 fully saturated rings. The first-order valence-electron chi connectivity index (χ1n) is 11.1. The van der Waals surface area contributed by atoms with Gasteiger partial charge in [0, 0.05) is 17.5 Å². The van der Waals surface area contributed by atoms with Crippen molar-refractivity contribution < 1.29 is 31.5 Å². The summed E-state index contributed by atoms with van der Waals surface area (Å²) in [4.78, 5) is 10.9. The third-order valence-electron chi connectivity index (χ3n) is 5.63. The lowest BCUT2D eigenvalue weighted by molar-refractivity contribution is -0.138. The van der Waals surface area contributed by atoms with Crippen LogP contribution >= 0.6 is 0 Å². The molecule has 188 valence electrons. The molecule has 5 nitrogen and oxygen atoms in total. The summed E-state index contributed by atoms with van der Waals surface area (Å²) >= 11 is 0. The van der Waals surface area contributed by atoms with Crippen LogP contribution in [0.5, 0.6) is 0 Å². The number of carboxylic acids is 1. The average Bonchev–Trinajstić information content (AvgIpc) is 3.10. The number of aliphatic carboxylic acids is 1.